The van der Waals surface area contributed by atoms with Crippen LogP contribution in [0.1, 0.15) is 17.9 Å². The van der Waals surface area contributed by atoms with Crippen LogP contribution < -0.4 is 5.32 Å². The average Bonchev–Trinajstić information content (AvgIpc) is 3.06. The number of nitrogens with one attached hydrogen (secondary N) is 1. The van der Waals surface area contributed by atoms with Crippen LogP contribution in [0, 0.1) is 18.6 Å². The number of amides is 1. The Bertz CT molecular complexity index is 892. The minimum atomic E-state index is -1.02. The zero-order chi connectivity index (χ0) is 17.8. The fourth-order valence-electron chi connectivity index (χ4n) is 2.19. The molecule has 25 heavy (non-hydrogen) atoms. The van der Waals surface area contributed by atoms with Crippen molar-refractivity contribution in [3.8, 4) is 11.4 Å². The largest absolute Gasteiger partial charge is 0.339 e. The molecule has 0 aliphatic carbocycles. The van der Waals surface area contributed by atoms with Crippen LogP contribution in [0.3, 0.4) is 0 Å². The maximum Gasteiger partial charge on any atom is 0.227 e. The van der Waals surface area contributed by atoms with Crippen molar-refractivity contribution in [1.82, 2.24) is 10.1 Å². The Morgan fingerprint density at radius 2 is 1.88 bits per heavy atom. The average molecular weight is 343 g/mol. The zero-order valence-corrected chi connectivity index (χ0v) is 13.4. The molecule has 0 bridgehead atoms. The van der Waals surface area contributed by atoms with E-state index >= 15 is 0 Å². The summed E-state index contributed by atoms with van der Waals surface area (Å²) in [6.45, 7) is 1.98. The summed E-state index contributed by atoms with van der Waals surface area (Å²) >= 11 is 0. The van der Waals surface area contributed by atoms with Crippen molar-refractivity contribution in [2.45, 2.75) is 19.8 Å². The van der Waals surface area contributed by atoms with Gasteiger partial charge in [0.2, 0.25) is 17.6 Å². The van der Waals surface area contributed by atoms with Crippen LogP contribution in [0.25, 0.3) is 11.4 Å². The number of hydrogen-bond donors (Lipinski definition) is 1. The molecule has 0 fully saturated rings. The Hall–Kier alpha value is -3.09. The van der Waals surface area contributed by atoms with E-state index in [4.69, 9.17) is 4.52 Å². The van der Waals surface area contributed by atoms with Crippen LogP contribution in [-0.2, 0) is 11.2 Å². The minimum Gasteiger partial charge on any atom is -0.339 e. The summed E-state index contributed by atoms with van der Waals surface area (Å²) in [6, 6.07) is 10.8. The number of aryl methyl sites for hydroxylation is 2. The molecule has 2 aromatic carbocycles. The van der Waals surface area contributed by atoms with Crippen LogP contribution in [-0.4, -0.2) is 16.0 Å². The molecule has 5 nitrogen and oxygen atoms in total. The van der Waals surface area contributed by atoms with E-state index in [0.29, 0.717) is 11.7 Å². The lowest BCUT2D eigenvalue weighted by Crippen LogP contribution is -2.12. The summed E-state index contributed by atoms with van der Waals surface area (Å²) in [4.78, 5) is 16.1. The molecule has 7 heteroatoms. The summed E-state index contributed by atoms with van der Waals surface area (Å²) in [7, 11) is 0. The van der Waals surface area contributed by atoms with Gasteiger partial charge in [-0.3, -0.25) is 4.79 Å². The summed E-state index contributed by atoms with van der Waals surface area (Å²) in [5, 5.41) is 6.38. The number of anilines is 1. The topological polar surface area (TPSA) is 68.0 Å². The number of benzene rings is 2. The van der Waals surface area contributed by atoms with Crippen LogP contribution in [0.15, 0.2) is 47.0 Å². The molecule has 1 aromatic heterocycles. The van der Waals surface area contributed by atoms with Gasteiger partial charge in [0.25, 0.3) is 0 Å². The number of hydrogen-bond acceptors (Lipinski definition) is 4. The van der Waals surface area contributed by atoms with E-state index in [1.54, 1.807) is 0 Å². The second kappa shape index (κ2) is 7.21. The van der Waals surface area contributed by atoms with Gasteiger partial charge in [-0.2, -0.15) is 4.98 Å². The Kier molecular flexibility index (Phi) is 4.83. The van der Waals surface area contributed by atoms with Gasteiger partial charge in [-0.15, -0.1) is 0 Å². The van der Waals surface area contributed by atoms with Crippen molar-refractivity contribution in [3.05, 3.63) is 65.6 Å². The molecule has 1 N–H and O–H groups in total. The van der Waals surface area contributed by atoms with Crippen LogP contribution >= 0.6 is 0 Å². The number of carbonyl (C=O) groups excluding carboxylic acids is 1. The molecule has 0 saturated heterocycles. The van der Waals surface area contributed by atoms with E-state index in [2.05, 4.69) is 15.5 Å². The van der Waals surface area contributed by atoms with Gasteiger partial charge in [-0.25, -0.2) is 8.78 Å². The lowest BCUT2D eigenvalue weighted by molar-refractivity contribution is -0.116. The smallest absolute Gasteiger partial charge is 0.227 e. The molecular formula is C18H15F2N3O2. The first-order valence-electron chi connectivity index (χ1n) is 7.66. The van der Waals surface area contributed by atoms with E-state index < -0.39 is 11.6 Å². The molecule has 0 unspecified atom stereocenters. The lowest BCUT2D eigenvalue weighted by Gasteiger charge is -2.04. The zero-order valence-electron chi connectivity index (χ0n) is 13.4. The molecule has 0 aliphatic heterocycles. The van der Waals surface area contributed by atoms with Gasteiger partial charge in [0.15, 0.2) is 11.6 Å². The first-order chi connectivity index (χ1) is 12.0. The highest BCUT2D eigenvalue weighted by molar-refractivity contribution is 5.90. The van der Waals surface area contributed by atoms with Gasteiger partial charge in [0.05, 0.1) is 0 Å². The fourth-order valence-corrected chi connectivity index (χ4v) is 2.19. The van der Waals surface area contributed by atoms with Crippen molar-refractivity contribution in [2.24, 2.45) is 0 Å². The van der Waals surface area contributed by atoms with Crippen molar-refractivity contribution in [2.75, 3.05) is 5.32 Å². The summed E-state index contributed by atoms with van der Waals surface area (Å²) < 4.78 is 31.1. The Morgan fingerprint density at radius 1 is 1.12 bits per heavy atom. The molecule has 3 rings (SSSR count). The highest BCUT2D eigenvalue weighted by Crippen LogP contribution is 2.17. The predicted molar refractivity (Wildman–Crippen MR) is 87.8 cm³/mol. The normalized spacial score (nSPS) is 10.7. The quantitative estimate of drug-likeness (QED) is 0.763. The van der Waals surface area contributed by atoms with Crippen molar-refractivity contribution in [3.63, 3.8) is 0 Å². The van der Waals surface area contributed by atoms with Crippen LogP contribution in [0.2, 0.25) is 0 Å². The molecule has 1 amide bonds. The standard InChI is InChI=1S/C18H15F2N3O2/c1-11-2-4-12(5-3-11)18-22-17(25-23-18)9-8-16(24)21-13-6-7-14(19)15(20)10-13/h2-7,10H,8-9H2,1H3,(H,21,24). The van der Waals surface area contributed by atoms with E-state index in [9.17, 15) is 13.6 Å². The number of carbonyl (C=O) groups is 1. The maximum atomic E-state index is 13.1. The van der Waals surface area contributed by atoms with Gasteiger partial charge in [0, 0.05) is 30.2 Å². The third-order valence-electron chi connectivity index (χ3n) is 3.55. The van der Waals surface area contributed by atoms with Gasteiger partial charge in [-0.1, -0.05) is 35.0 Å². The van der Waals surface area contributed by atoms with E-state index in [1.165, 1.54) is 6.07 Å². The van der Waals surface area contributed by atoms with Gasteiger partial charge in [-0.05, 0) is 19.1 Å². The number of halogens is 2. The van der Waals surface area contributed by atoms with Crippen molar-refractivity contribution in [1.29, 1.82) is 0 Å². The monoisotopic (exact) mass is 343 g/mol. The van der Waals surface area contributed by atoms with Crippen LogP contribution in [0.5, 0.6) is 0 Å². The fraction of sp³-hybridized carbons (Fsp3) is 0.167. The first-order valence-corrected chi connectivity index (χ1v) is 7.66. The van der Waals surface area contributed by atoms with Crippen LogP contribution in [0.4, 0.5) is 14.5 Å². The molecule has 0 aliphatic rings. The van der Waals surface area contributed by atoms with Crippen molar-refractivity contribution >= 4 is 11.6 Å². The number of nitrogens with zero attached hydrogens (tertiary/aromatic N) is 2. The summed E-state index contributed by atoms with van der Waals surface area (Å²) in [5.41, 5.74) is 2.14. The van der Waals surface area contributed by atoms with E-state index in [-0.39, 0.29) is 24.4 Å². The molecule has 3 aromatic rings. The van der Waals surface area contributed by atoms with E-state index in [0.717, 1.165) is 23.3 Å². The highest BCUT2D eigenvalue weighted by atomic mass is 19.2. The maximum absolute atomic E-state index is 13.1. The van der Waals surface area contributed by atoms with Crippen molar-refractivity contribution < 1.29 is 18.1 Å². The molecule has 0 radical (unpaired) electrons. The second-order valence-corrected chi connectivity index (χ2v) is 5.55. The lowest BCUT2D eigenvalue weighted by atomic mass is 10.1. The van der Waals surface area contributed by atoms with Gasteiger partial charge >= 0.3 is 0 Å². The molecule has 128 valence electrons. The third-order valence-corrected chi connectivity index (χ3v) is 3.55. The number of aromatic nitrogens is 2. The summed E-state index contributed by atoms with van der Waals surface area (Å²) in [6.07, 6.45) is 0.322. The second-order valence-electron chi connectivity index (χ2n) is 5.55. The molecule has 0 spiro atoms. The summed E-state index contributed by atoms with van der Waals surface area (Å²) in [5.74, 6) is -1.56. The Balaban J connectivity index is 1.57. The van der Waals surface area contributed by atoms with Gasteiger partial charge in [0.1, 0.15) is 0 Å². The molecule has 0 saturated carbocycles. The third kappa shape index (κ3) is 4.26. The SMILES string of the molecule is Cc1ccc(-c2noc(CCC(=O)Nc3ccc(F)c(F)c3)n2)cc1. The Labute approximate surface area is 142 Å². The van der Waals surface area contributed by atoms with Gasteiger partial charge < -0.3 is 9.84 Å². The molecule has 1 heterocycles. The molecular weight excluding hydrogens is 328 g/mol. The predicted octanol–water partition coefficient (Wildman–Crippen LogP) is 3.89. The number of rotatable bonds is 5. The first kappa shape index (κ1) is 16.8. The minimum absolute atomic E-state index is 0.0779. The Morgan fingerprint density at radius 3 is 2.60 bits per heavy atom. The highest BCUT2D eigenvalue weighted by Gasteiger charge is 2.11. The van der Waals surface area contributed by atoms with E-state index in [1.807, 2.05) is 31.2 Å². The molecule has 0 atom stereocenters.